The minimum absolute atomic E-state index is 0.358. The van der Waals surface area contributed by atoms with Gasteiger partial charge in [-0.15, -0.1) is 23.5 Å². The zero-order chi connectivity index (χ0) is 47.3. The summed E-state index contributed by atoms with van der Waals surface area (Å²) in [6, 6.07) is 55.3. The van der Waals surface area contributed by atoms with Gasteiger partial charge in [0.25, 0.3) is 23.6 Å². The number of thioether (sulfide) groups is 2. The summed E-state index contributed by atoms with van der Waals surface area (Å²) in [4.78, 5) is 63.7. The Bertz CT molecular complexity index is 3370. The number of hydrogen-bond acceptors (Lipinski definition) is 6. The molecule has 8 aromatic rings. The van der Waals surface area contributed by atoms with E-state index in [1.165, 1.54) is 20.9 Å². The molecule has 336 valence electrons. The second-order valence-corrected chi connectivity index (χ2v) is 19.6. The number of imide groups is 2. The van der Waals surface area contributed by atoms with Gasteiger partial charge in [-0.05, 0) is 116 Å². The van der Waals surface area contributed by atoms with Gasteiger partial charge in [-0.3, -0.25) is 19.2 Å². The van der Waals surface area contributed by atoms with E-state index in [1.54, 1.807) is 23.5 Å². The van der Waals surface area contributed by atoms with Crippen LogP contribution in [0.3, 0.4) is 0 Å². The first-order chi connectivity index (χ1) is 34.4. The second kappa shape index (κ2) is 18.1. The third-order valence-corrected chi connectivity index (χ3v) is 15.8. The van der Waals surface area contributed by atoms with Crippen LogP contribution in [0.1, 0.15) is 76.5 Å². The Morgan fingerprint density at radius 3 is 1.13 bits per heavy atom. The third-order valence-electron chi connectivity index (χ3n) is 13.5. The van der Waals surface area contributed by atoms with Gasteiger partial charge in [0.2, 0.25) is 0 Å². The summed E-state index contributed by atoms with van der Waals surface area (Å²) in [5.74, 6) is -0.230. The molecule has 0 fully saturated rings. The number of rotatable bonds is 12. The van der Waals surface area contributed by atoms with E-state index >= 15 is 0 Å². The van der Waals surface area contributed by atoms with Crippen LogP contribution in [-0.2, 0) is 11.5 Å². The van der Waals surface area contributed by atoms with Gasteiger partial charge >= 0.3 is 0 Å². The van der Waals surface area contributed by atoms with Crippen LogP contribution in [0, 0.1) is 0 Å². The van der Waals surface area contributed by atoms with E-state index < -0.39 is 0 Å². The molecule has 12 rings (SSSR count). The molecule has 6 nitrogen and oxygen atoms in total. The smallest absolute Gasteiger partial charge is 0.267 e. The number of benzene rings is 8. The van der Waals surface area contributed by atoms with Gasteiger partial charge in [-0.2, -0.15) is 0 Å². The summed E-state index contributed by atoms with van der Waals surface area (Å²) >= 11 is 3.09. The SMILES string of the molecule is O=C1c2c(SCc3ccccc3)ccc(-c3ccc(-c4ccc(SCc5ccccc5)c5c4C(=O)N(c4ccc(C6=CC=CC6)cc4)C5=O)c4ccccc34)c2C(=O)N1c1ccc(C2=CC=CC2)cc1. The Hall–Kier alpha value is -8.04. The van der Waals surface area contributed by atoms with Gasteiger partial charge in [-0.1, -0.05) is 170 Å². The second-order valence-electron chi connectivity index (χ2n) is 17.6. The Morgan fingerprint density at radius 1 is 0.371 bits per heavy atom. The summed E-state index contributed by atoms with van der Waals surface area (Å²) in [5.41, 5.74) is 12.0. The van der Waals surface area contributed by atoms with Crippen molar-refractivity contribution in [3.8, 4) is 22.3 Å². The lowest BCUT2D eigenvalue weighted by molar-refractivity contribution is 0.0909. The lowest BCUT2D eigenvalue weighted by atomic mass is 9.87. The fraction of sp³-hybridized carbons (Fsp3) is 0.0645. The predicted molar refractivity (Wildman–Crippen MR) is 285 cm³/mol. The van der Waals surface area contributed by atoms with Crippen LogP contribution in [-0.4, -0.2) is 23.6 Å². The van der Waals surface area contributed by atoms with Crippen LogP contribution >= 0.6 is 23.5 Å². The topological polar surface area (TPSA) is 74.8 Å². The number of allylic oxidation sites excluding steroid dienone is 8. The zero-order valence-corrected chi connectivity index (χ0v) is 39.4. The maximum absolute atomic E-state index is 15.0. The minimum atomic E-state index is -0.380. The van der Waals surface area contributed by atoms with Gasteiger partial charge in [-0.25, -0.2) is 9.80 Å². The fourth-order valence-corrected chi connectivity index (χ4v) is 12.1. The van der Waals surface area contributed by atoms with Gasteiger partial charge in [0.05, 0.1) is 33.6 Å². The molecule has 0 N–H and O–H groups in total. The van der Waals surface area contributed by atoms with Crippen LogP contribution in [0.4, 0.5) is 11.4 Å². The summed E-state index contributed by atoms with van der Waals surface area (Å²) in [6.07, 6.45) is 14.1. The summed E-state index contributed by atoms with van der Waals surface area (Å²) < 4.78 is 0. The monoisotopic (exact) mass is 942 g/mol. The molecule has 0 saturated carbocycles. The van der Waals surface area contributed by atoms with Crippen molar-refractivity contribution in [2.24, 2.45) is 0 Å². The number of hydrogen-bond donors (Lipinski definition) is 0. The maximum atomic E-state index is 15.0. The van der Waals surface area contributed by atoms with Crippen LogP contribution < -0.4 is 9.80 Å². The molecule has 2 aliphatic heterocycles. The van der Waals surface area contributed by atoms with E-state index in [4.69, 9.17) is 0 Å². The van der Waals surface area contributed by atoms with Gasteiger partial charge in [0, 0.05) is 21.3 Å². The summed E-state index contributed by atoms with van der Waals surface area (Å²) in [7, 11) is 0. The Labute approximate surface area is 414 Å². The molecular formula is C62H42N2O4S2. The Balaban J connectivity index is 0.966. The van der Waals surface area contributed by atoms with E-state index in [0.717, 1.165) is 66.8 Å². The summed E-state index contributed by atoms with van der Waals surface area (Å²) in [6.45, 7) is 0. The molecule has 0 bridgehead atoms. The van der Waals surface area contributed by atoms with E-state index in [1.807, 2.05) is 158 Å². The van der Waals surface area contributed by atoms with E-state index in [9.17, 15) is 19.2 Å². The number of carbonyl (C=O) groups is 4. The van der Waals surface area contributed by atoms with Crippen molar-refractivity contribution in [1.82, 2.24) is 0 Å². The average Bonchev–Trinajstić information content (AvgIpc) is 4.24. The molecule has 0 unspecified atom stereocenters. The lowest BCUT2D eigenvalue weighted by Gasteiger charge is -2.17. The molecule has 8 aromatic carbocycles. The first kappa shape index (κ1) is 43.3. The molecular weight excluding hydrogens is 901 g/mol. The lowest BCUT2D eigenvalue weighted by Crippen LogP contribution is -2.29. The molecule has 2 heterocycles. The van der Waals surface area contributed by atoms with Crippen LogP contribution in [0.15, 0.2) is 216 Å². The van der Waals surface area contributed by atoms with Crippen LogP contribution in [0.25, 0.3) is 44.2 Å². The third kappa shape index (κ3) is 7.57. The van der Waals surface area contributed by atoms with Crippen molar-refractivity contribution in [3.05, 3.63) is 251 Å². The molecule has 0 aromatic heterocycles. The van der Waals surface area contributed by atoms with Crippen molar-refractivity contribution < 1.29 is 19.2 Å². The first-order valence-electron chi connectivity index (χ1n) is 23.3. The molecule has 70 heavy (non-hydrogen) atoms. The molecule has 0 radical (unpaired) electrons. The van der Waals surface area contributed by atoms with Crippen molar-refractivity contribution in [2.75, 3.05) is 9.80 Å². The zero-order valence-electron chi connectivity index (χ0n) is 37.8. The van der Waals surface area contributed by atoms with Crippen molar-refractivity contribution in [1.29, 1.82) is 0 Å². The molecule has 4 aliphatic rings. The van der Waals surface area contributed by atoms with Crippen molar-refractivity contribution in [3.63, 3.8) is 0 Å². The molecule has 0 spiro atoms. The molecule has 2 aliphatic carbocycles. The molecule has 0 atom stereocenters. The Kier molecular flexibility index (Phi) is 11.2. The highest BCUT2D eigenvalue weighted by Gasteiger charge is 2.43. The number of nitrogens with zero attached hydrogens (tertiary/aromatic N) is 2. The van der Waals surface area contributed by atoms with E-state index in [2.05, 4.69) is 48.6 Å². The van der Waals surface area contributed by atoms with Crippen LogP contribution in [0.2, 0.25) is 0 Å². The quantitative estimate of drug-likeness (QED) is 0.0897. The molecule has 4 amide bonds. The number of carbonyl (C=O) groups excluding carboxylic acids is 4. The Morgan fingerprint density at radius 2 is 0.743 bits per heavy atom. The minimum Gasteiger partial charge on any atom is -0.268 e. The van der Waals surface area contributed by atoms with E-state index in [-0.39, 0.29) is 23.6 Å². The normalized spacial score (nSPS) is 14.8. The predicted octanol–water partition coefficient (Wildman–Crippen LogP) is 15.0. The van der Waals surface area contributed by atoms with Crippen LogP contribution in [0.5, 0.6) is 0 Å². The van der Waals surface area contributed by atoms with Gasteiger partial charge in [0.1, 0.15) is 0 Å². The maximum Gasteiger partial charge on any atom is 0.267 e. The highest BCUT2D eigenvalue weighted by molar-refractivity contribution is 7.98. The highest BCUT2D eigenvalue weighted by atomic mass is 32.2. The highest BCUT2D eigenvalue weighted by Crippen LogP contribution is 2.47. The van der Waals surface area contributed by atoms with E-state index in [0.29, 0.717) is 56.3 Å². The van der Waals surface area contributed by atoms with Crippen molar-refractivity contribution >= 4 is 80.4 Å². The standard InChI is InChI=1S/C62H42N2O4S2/c65-59-55-51(33-35-53(69-37-39-13-3-1-4-14-39)57(55)61(67)63(59)45-27-23-43(24-28-45)41-17-7-8-18-41)49-31-32-50(48-22-12-11-21-47(48)49)52-34-36-54(70-38-40-15-5-2-6-16-40)58-56(52)60(66)64(62(58)68)46-29-25-44(26-30-46)42-19-9-10-20-42/h1-17,19,21-36H,18,20,37-38H2. The first-order valence-corrected chi connectivity index (χ1v) is 25.3. The summed E-state index contributed by atoms with van der Waals surface area (Å²) in [5, 5.41) is 1.68. The number of anilines is 2. The molecule has 8 heteroatoms. The van der Waals surface area contributed by atoms with Gasteiger partial charge < -0.3 is 0 Å². The largest absolute Gasteiger partial charge is 0.268 e. The average molecular weight is 943 g/mol. The number of amides is 4. The number of fused-ring (bicyclic) bond motifs is 3. The fourth-order valence-electron chi connectivity index (χ4n) is 10.0. The molecule has 0 saturated heterocycles. The van der Waals surface area contributed by atoms with Gasteiger partial charge in [0.15, 0.2) is 0 Å². The van der Waals surface area contributed by atoms with Crippen molar-refractivity contribution in [2.45, 2.75) is 34.1 Å².